The van der Waals surface area contributed by atoms with E-state index in [0.717, 1.165) is 11.1 Å². The van der Waals surface area contributed by atoms with Gasteiger partial charge in [0.1, 0.15) is 0 Å². The van der Waals surface area contributed by atoms with Gasteiger partial charge in [-0.1, -0.05) is 30.3 Å². The summed E-state index contributed by atoms with van der Waals surface area (Å²) in [5, 5.41) is 10.9. The van der Waals surface area contributed by atoms with Crippen LogP contribution in [0.2, 0.25) is 0 Å². The van der Waals surface area contributed by atoms with Crippen LogP contribution >= 0.6 is 0 Å². The Morgan fingerprint density at radius 3 is 2.53 bits per heavy atom. The molecule has 17 heavy (non-hydrogen) atoms. The van der Waals surface area contributed by atoms with Crippen molar-refractivity contribution in [1.82, 2.24) is 4.98 Å². The highest BCUT2D eigenvalue weighted by atomic mass is 16.6. The lowest BCUT2D eigenvalue weighted by Gasteiger charge is -2.07. The van der Waals surface area contributed by atoms with Gasteiger partial charge in [-0.05, 0) is 12.5 Å². The van der Waals surface area contributed by atoms with Crippen LogP contribution in [0.3, 0.4) is 0 Å². The summed E-state index contributed by atoms with van der Waals surface area (Å²) in [5.41, 5.74) is 7.55. The minimum absolute atomic E-state index is 0.0489. The number of aromatic nitrogens is 1. The Hall–Kier alpha value is -2.43. The quantitative estimate of drug-likeness (QED) is 0.633. The number of benzene rings is 1. The van der Waals surface area contributed by atoms with Gasteiger partial charge in [-0.15, -0.1) is 0 Å². The van der Waals surface area contributed by atoms with Gasteiger partial charge >= 0.3 is 5.69 Å². The van der Waals surface area contributed by atoms with Crippen LogP contribution in [0.15, 0.2) is 36.5 Å². The molecule has 0 radical (unpaired) electrons. The number of hydrogen-bond donors (Lipinski definition) is 1. The molecule has 2 N–H and O–H groups in total. The number of pyridine rings is 1. The molecule has 2 rings (SSSR count). The topological polar surface area (TPSA) is 82.0 Å². The first-order valence-electron chi connectivity index (χ1n) is 5.06. The predicted molar refractivity (Wildman–Crippen MR) is 65.5 cm³/mol. The van der Waals surface area contributed by atoms with E-state index in [4.69, 9.17) is 5.73 Å². The fourth-order valence-electron chi connectivity index (χ4n) is 1.75. The third kappa shape index (κ3) is 1.94. The standard InChI is InChI=1S/C12H11N3O2/c1-8-10(9-5-3-2-4-6-9)7-14-12(13)11(8)15(16)17/h2-7H,1H3,(H2,13,14). The molecule has 0 aliphatic rings. The summed E-state index contributed by atoms with van der Waals surface area (Å²) in [6, 6.07) is 9.39. The van der Waals surface area contributed by atoms with Crippen molar-refractivity contribution in [3.8, 4) is 11.1 Å². The maximum absolute atomic E-state index is 10.9. The Morgan fingerprint density at radius 1 is 1.29 bits per heavy atom. The van der Waals surface area contributed by atoms with E-state index < -0.39 is 4.92 Å². The van der Waals surface area contributed by atoms with Gasteiger partial charge in [0.15, 0.2) is 0 Å². The summed E-state index contributed by atoms with van der Waals surface area (Å²) in [6.45, 7) is 1.68. The molecule has 0 aliphatic carbocycles. The maximum Gasteiger partial charge on any atom is 0.314 e. The third-order valence-electron chi connectivity index (χ3n) is 2.60. The number of rotatable bonds is 2. The van der Waals surface area contributed by atoms with Crippen molar-refractivity contribution in [3.63, 3.8) is 0 Å². The normalized spacial score (nSPS) is 10.2. The Morgan fingerprint density at radius 2 is 1.94 bits per heavy atom. The van der Waals surface area contributed by atoms with E-state index in [1.165, 1.54) is 0 Å². The molecule has 0 unspecified atom stereocenters. The van der Waals surface area contributed by atoms with Gasteiger partial charge in [0.05, 0.1) is 4.92 Å². The highest BCUT2D eigenvalue weighted by Gasteiger charge is 2.20. The second-order valence-corrected chi connectivity index (χ2v) is 3.65. The molecule has 0 aliphatic heterocycles. The zero-order valence-electron chi connectivity index (χ0n) is 9.25. The van der Waals surface area contributed by atoms with Crippen LogP contribution in [0.1, 0.15) is 5.56 Å². The van der Waals surface area contributed by atoms with Crippen LogP contribution in [0.4, 0.5) is 11.5 Å². The fourth-order valence-corrected chi connectivity index (χ4v) is 1.75. The first-order valence-corrected chi connectivity index (χ1v) is 5.06. The number of nitro groups is 1. The maximum atomic E-state index is 10.9. The molecule has 1 aromatic heterocycles. The van der Waals surface area contributed by atoms with E-state index >= 15 is 0 Å². The third-order valence-corrected chi connectivity index (χ3v) is 2.60. The molecule has 0 saturated heterocycles. The molecular formula is C12H11N3O2. The smallest absolute Gasteiger partial charge is 0.314 e. The SMILES string of the molecule is Cc1c(-c2ccccc2)cnc(N)c1[N+](=O)[O-]. The highest BCUT2D eigenvalue weighted by Crippen LogP contribution is 2.32. The fraction of sp³-hybridized carbons (Fsp3) is 0.0833. The number of nitrogens with zero attached hydrogens (tertiary/aromatic N) is 2. The Kier molecular flexibility index (Phi) is 2.74. The van der Waals surface area contributed by atoms with E-state index in [9.17, 15) is 10.1 Å². The molecule has 0 atom stereocenters. The van der Waals surface area contributed by atoms with Gasteiger partial charge in [-0.2, -0.15) is 0 Å². The van der Waals surface area contributed by atoms with Crippen molar-refractivity contribution in [1.29, 1.82) is 0 Å². The highest BCUT2D eigenvalue weighted by molar-refractivity contribution is 5.74. The van der Waals surface area contributed by atoms with Crippen molar-refractivity contribution in [3.05, 3.63) is 52.2 Å². The van der Waals surface area contributed by atoms with Crippen LogP contribution in [0.25, 0.3) is 11.1 Å². The first kappa shape index (κ1) is 11.1. The molecule has 2 aromatic rings. The van der Waals surface area contributed by atoms with Crippen molar-refractivity contribution in [2.75, 3.05) is 5.73 Å². The minimum Gasteiger partial charge on any atom is -0.378 e. The Labute approximate surface area is 98.1 Å². The van der Waals surface area contributed by atoms with E-state index in [0.29, 0.717) is 5.56 Å². The van der Waals surface area contributed by atoms with Crippen LogP contribution < -0.4 is 5.73 Å². The lowest BCUT2D eigenvalue weighted by molar-refractivity contribution is -0.384. The summed E-state index contributed by atoms with van der Waals surface area (Å²) in [4.78, 5) is 14.3. The molecule has 1 aromatic carbocycles. The summed E-state index contributed by atoms with van der Waals surface area (Å²) in [5.74, 6) is -0.0489. The Balaban J connectivity index is 2.66. The van der Waals surface area contributed by atoms with E-state index in [2.05, 4.69) is 4.98 Å². The van der Waals surface area contributed by atoms with Gasteiger partial charge in [0, 0.05) is 17.3 Å². The van der Waals surface area contributed by atoms with Crippen LogP contribution in [0, 0.1) is 17.0 Å². The van der Waals surface area contributed by atoms with E-state index in [1.807, 2.05) is 30.3 Å². The monoisotopic (exact) mass is 229 g/mol. The Bertz CT molecular complexity index is 567. The molecule has 5 heteroatoms. The molecule has 0 spiro atoms. The zero-order valence-corrected chi connectivity index (χ0v) is 9.25. The van der Waals surface area contributed by atoms with Crippen LogP contribution in [-0.4, -0.2) is 9.91 Å². The van der Waals surface area contributed by atoms with Crippen molar-refractivity contribution in [2.45, 2.75) is 6.92 Å². The van der Waals surface area contributed by atoms with E-state index in [1.54, 1.807) is 13.1 Å². The van der Waals surface area contributed by atoms with Crippen LogP contribution in [-0.2, 0) is 0 Å². The molecule has 0 fully saturated rings. The van der Waals surface area contributed by atoms with Crippen molar-refractivity contribution in [2.24, 2.45) is 0 Å². The predicted octanol–water partition coefficient (Wildman–Crippen LogP) is 2.55. The van der Waals surface area contributed by atoms with Gasteiger partial charge in [-0.25, -0.2) is 4.98 Å². The molecule has 1 heterocycles. The summed E-state index contributed by atoms with van der Waals surface area (Å²) in [7, 11) is 0. The molecule has 0 amide bonds. The van der Waals surface area contributed by atoms with Gasteiger partial charge in [-0.3, -0.25) is 10.1 Å². The average Bonchev–Trinajstić information content (AvgIpc) is 2.30. The number of nitrogen functional groups attached to an aromatic ring is 1. The number of nitrogens with two attached hydrogens (primary N) is 1. The van der Waals surface area contributed by atoms with Gasteiger partial charge in [0.2, 0.25) is 5.82 Å². The van der Waals surface area contributed by atoms with Gasteiger partial charge in [0.25, 0.3) is 0 Å². The molecule has 0 bridgehead atoms. The van der Waals surface area contributed by atoms with Crippen molar-refractivity contribution >= 4 is 11.5 Å². The minimum atomic E-state index is -0.496. The van der Waals surface area contributed by atoms with E-state index in [-0.39, 0.29) is 11.5 Å². The molecular weight excluding hydrogens is 218 g/mol. The summed E-state index contributed by atoms with van der Waals surface area (Å²) >= 11 is 0. The summed E-state index contributed by atoms with van der Waals surface area (Å²) in [6.07, 6.45) is 1.56. The molecule has 86 valence electrons. The largest absolute Gasteiger partial charge is 0.378 e. The molecule has 0 saturated carbocycles. The second-order valence-electron chi connectivity index (χ2n) is 3.65. The van der Waals surface area contributed by atoms with Crippen molar-refractivity contribution < 1.29 is 4.92 Å². The lowest BCUT2D eigenvalue weighted by Crippen LogP contribution is -2.02. The van der Waals surface area contributed by atoms with Crippen LogP contribution in [0.5, 0.6) is 0 Å². The zero-order chi connectivity index (χ0) is 12.4. The number of hydrogen-bond acceptors (Lipinski definition) is 4. The van der Waals surface area contributed by atoms with Gasteiger partial charge < -0.3 is 5.73 Å². The molecule has 5 nitrogen and oxygen atoms in total. The first-order chi connectivity index (χ1) is 8.11. The second kappa shape index (κ2) is 4.21. The number of anilines is 1. The summed E-state index contributed by atoms with van der Waals surface area (Å²) < 4.78 is 0. The lowest BCUT2D eigenvalue weighted by atomic mass is 10.0. The average molecular weight is 229 g/mol.